The molecule has 1 aromatic carbocycles. The lowest BCUT2D eigenvalue weighted by Gasteiger charge is -2.21. The van der Waals surface area contributed by atoms with Crippen LogP contribution in [0, 0.1) is 5.92 Å². The van der Waals surface area contributed by atoms with E-state index in [1.165, 1.54) is 11.0 Å². The van der Waals surface area contributed by atoms with Gasteiger partial charge in [-0.25, -0.2) is 4.79 Å². The van der Waals surface area contributed by atoms with Crippen molar-refractivity contribution < 1.29 is 14.7 Å². The Labute approximate surface area is 94.5 Å². The zero-order valence-electron chi connectivity index (χ0n) is 9.60. The number of benzene rings is 1. The third-order valence-electron chi connectivity index (χ3n) is 2.32. The highest BCUT2D eigenvalue weighted by Crippen LogP contribution is 2.20. The maximum absolute atomic E-state index is 11.8. The maximum atomic E-state index is 11.8. The van der Waals surface area contributed by atoms with E-state index in [2.05, 4.69) is 0 Å². The van der Waals surface area contributed by atoms with Crippen LogP contribution in [0.25, 0.3) is 0 Å². The molecule has 0 aromatic heterocycles. The van der Waals surface area contributed by atoms with Crippen LogP contribution in [0.4, 0.5) is 5.69 Å². The third kappa shape index (κ3) is 2.39. The monoisotopic (exact) mass is 221 g/mol. The lowest BCUT2D eigenvalue weighted by Crippen LogP contribution is -2.31. The summed E-state index contributed by atoms with van der Waals surface area (Å²) in [6.45, 7) is 3.56. The van der Waals surface area contributed by atoms with Crippen molar-refractivity contribution in [3.8, 4) is 0 Å². The molecule has 0 bridgehead atoms. The van der Waals surface area contributed by atoms with Crippen LogP contribution in [-0.2, 0) is 4.79 Å². The second-order valence-corrected chi connectivity index (χ2v) is 3.87. The Morgan fingerprint density at radius 1 is 1.25 bits per heavy atom. The average molecular weight is 221 g/mol. The van der Waals surface area contributed by atoms with E-state index in [9.17, 15) is 9.59 Å². The summed E-state index contributed by atoms with van der Waals surface area (Å²) in [7, 11) is 1.59. The van der Waals surface area contributed by atoms with Gasteiger partial charge >= 0.3 is 5.97 Å². The van der Waals surface area contributed by atoms with Gasteiger partial charge in [0.25, 0.3) is 0 Å². The van der Waals surface area contributed by atoms with Crippen LogP contribution in [0.2, 0.25) is 0 Å². The number of aromatic carboxylic acids is 1. The molecular weight excluding hydrogens is 206 g/mol. The Morgan fingerprint density at radius 2 is 1.81 bits per heavy atom. The summed E-state index contributed by atoms with van der Waals surface area (Å²) >= 11 is 0. The van der Waals surface area contributed by atoms with E-state index >= 15 is 0 Å². The molecule has 1 aromatic rings. The number of hydrogen-bond donors (Lipinski definition) is 1. The van der Waals surface area contributed by atoms with Gasteiger partial charge in [0.2, 0.25) is 5.91 Å². The number of nitrogens with zero attached hydrogens (tertiary/aromatic N) is 1. The molecule has 0 fully saturated rings. The molecule has 86 valence electrons. The summed E-state index contributed by atoms with van der Waals surface area (Å²) in [5, 5.41) is 9.00. The van der Waals surface area contributed by atoms with Crippen molar-refractivity contribution in [2.45, 2.75) is 13.8 Å². The lowest BCUT2D eigenvalue weighted by molar-refractivity contribution is -0.121. The molecule has 4 heteroatoms. The maximum Gasteiger partial charge on any atom is 0.337 e. The molecule has 0 atom stereocenters. The Hall–Kier alpha value is -1.84. The third-order valence-corrected chi connectivity index (χ3v) is 2.32. The SMILES string of the molecule is CC(C)C(=O)N(C)c1ccccc1C(=O)O. The summed E-state index contributed by atoms with van der Waals surface area (Å²) < 4.78 is 0. The van der Waals surface area contributed by atoms with E-state index in [4.69, 9.17) is 5.11 Å². The molecule has 0 aliphatic carbocycles. The molecule has 0 unspecified atom stereocenters. The number of carboxylic acid groups (broad SMARTS) is 1. The Kier molecular flexibility index (Phi) is 3.66. The highest BCUT2D eigenvalue weighted by atomic mass is 16.4. The number of carbonyl (C=O) groups excluding carboxylic acids is 1. The summed E-state index contributed by atoms with van der Waals surface area (Å²) in [6.07, 6.45) is 0. The molecule has 0 aliphatic heterocycles. The second-order valence-electron chi connectivity index (χ2n) is 3.87. The summed E-state index contributed by atoms with van der Waals surface area (Å²) in [4.78, 5) is 24.1. The van der Waals surface area contributed by atoms with Crippen molar-refractivity contribution in [3.05, 3.63) is 29.8 Å². The van der Waals surface area contributed by atoms with Crippen LogP contribution in [0.1, 0.15) is 24.2 Å². The highest BCUT2D eigenvalue weighted by Gasteiger charge is 2.19. The molecule has 4 nitrogen and oxygen atoms in total. The van der Waals surface area contributed by atoms with Gasteiger partial charge in [0.05, 0.1) is 11.3 Å². The Bertz CT molecular complexity index is 412. The van der Waals surface area contributed by atoms with Gasteiger partial charge in [0.1, 0.15) is 0 Å². The van der Waals surface area contributed by atoms with Gasteiger partial charge in [-0.15, -0.1) is 0 Å². The Balaban J connectivity index is 3.13. The van der Waals surface area contributed by atoms with E-state index < -0.39 is 5.97 Å². The fraction of sp³-hybridized carbons (Fsp3) is 0.333. The first kappa shape index (κ1) is 12.2. The van der Waals surface area contributed by atoms with Gasteiger partial charge in [-0.3, -0.25) is 4.79 Å². The number of carboxylic acids is 1. The molecule has 1 N–H and O–H groups in total. The fourth-order valence-electron chi connectivity index (χ4n) is 1.45. The van der Waals surface area contributed by atoms with Crippen molar-refractivity contribution in [1.82, 2.24) is 0 Å². The van der Waals surface area contributed by atoms with Crippen molar-refractivity contribution in [2.24, 2.45) is 5.92 Å². The normalized spacial score (nSPS) is 10.2. The predicted octanol–water partition coefficient (Wildman–Crippen LogP) is 2.00. The lowest BCUT2D eigenvalue weighted by atomic mass is 10.1. The van der Waals surface area contributed by atoms with Crippen molar-refractivity contribution in [1.29, 1.82) is 0 Å². The largest absolute Gasteiger partial charge is 0.478 e. The average Bonchev–Trinajstić information content (AvgIpc) is 2.26. The molecule has 0 heterocycles. The van der Waals surface area contributed by atoms with Gasteiger partial charge < -0.3 is 10.0 Å². The van der Waals surface area contributed by atoms with Crippen molar-refractivity contribution >= 4 is 17.6 Å². The van der Waals surface area contributed by atoms with Gasteiger partial charge in [-0.1, -0.05) is 26.0 Å². The second kappa shape index (κ2) is 4.79. The van der Waals surface area contributed by atoms with E-state index in [0.29, 0.717) is 5.69 Å². The number of hydrogen-bond acceptors (Lipinski definition) is 2. The molecule has 0 spiro atoms. The molecular formula is C12H15NO3. The standard InChI is InChI=1S/C12H15NO3/c1-8(2)11(14)13(3)10-7-5-4-6-9(10)12(15)16/h4-8H,1-3H3,(H,15,16). The molecule has 0 radical (unpaired) electrons. The predicted molar refractivity (Wildman–Crippen MR) is 61.6 cm³/mol. The minimum absolute atomic E-state index is 0.103. The highest BCUT2D eigenvalue weighted by molar-refractivity contribution is 6.02. The van der Waals surface area contributed by atoms with E-state index in [-0.39, 0.29) is 17.4 Å². The van der Waals surface area contributed by atoms with Crippen LogP contribution in [0.5, 0.6) is 0 Å². The number of anilines is 1. The number of carbonyl (C=O) groups is 2. The minimum atomic E-state index is -1.03. The quantitative estimate of drug-likeness (QED) is 0.849. The zero-order valence-corrected chi connectivity index (χ0v) is 9.60. The van der Waals surface area contributed by atoms with Gasteiger partial charge in [0.15, 0.2) is 0 Å². The van der Waals surface area contributed by atoms with Crippen LogP contribution < -0.4 is 4.90 Å². The first-order chi connectivity index (χ1) is 7.45. The van der Waals surface area contributed by atoms with Gasteiger partial charge in [0, 0.05) is 13.0 Å². The van der Waals surface area contributed by atoms with Gasteiger partial charge in [-0.2, -0.15) is 0 Å². The fourth-order valence-corrected chi connectivity index (χ4v) is 1.45. The van der Waals surface area contributed by atoms with Crippen molar-refractivity contribution in [3.63, 3.8) is 0 Å². The first-order valence-corrected chi connectivity index (χ1v) is 5.05. The van der Waals surface area contributed by atoms with Crippen LogP contribution >= 0.6 is 0 Å². The zero-order chi connectivity index (χ0) is 12.3. The number of para-hydroxylation sites is 1. The summed E-state index contributed by atoms with van der Waals surface area (Å²) in [5.41, 5.74) is 0.563. The summed E-state index contributed by atoms with van der Waals surface area (Å²) in [5.74, 6) is -1.29. The smallest absolute Gasteiger partial charge is 0.337 e. The van der Waals surface area contributed by atoms with Crippen molar-refractivity contribution in [2.75, 3.05) is 11.9 Å². The van der Waals surface area contributed by atoms with E-state index in [0.717, 1.165) is 0 Å². The Morgan fingerprint density at radius 3 is 2.31 bits per heavy atom. The van der Waals surface area contributed by atoms with E-state index in [1.807, 2.05) is 0 Å². The first-order valence-electron chi connectivity index (χ1n) is 5.05. The topological polar surface area (TPSA) is 57.6 Å². The summed E-state index contributed by atoms with van der Waals surface area (Å²) in [6, 6.07) is 6.47. The molecule has 16 heavy (non-hydrogen) atoms. The van der Waals surface area contributed by atoms with Crippen LogP contribution in [0.3, 0.4) is 0 Å². The minimum Gasteiger partial charge on any atom is -0.478 e. The van der Waals surface area contributed by atoms with Gasteiger partial charge in [-0.05, 0) is 12.1 Å². The molecule has 0 saturated heterocycles. The molecule has 0 aliphatic rings. The van der Waals surface area contributed by atoms with Crippen LogP contribution in [-0.4, -0.2) is 24.0 Å². The molecule has 1 rings (SSSR count). The molecule has 1 amide bonds. The van der Waals surface area contributed by atoms with E-state index in [1.54, 1.807) is 39.1 Å². The molecule has 0 saturated carbocycles. The number of rotatable bonds is 3. The van der Waals surface area contributed by atoms with Crippen LogP contribution in [0.15, 0.2) is 24.3 Å². The number of amides is 1.